The average Bonchev–Trinajstić information content (AvgIpc) is 1.83. The number of nitrogens with zero attached hydrogens (tertiary/aromatic N) is 1. The van der Waals surface area contributed by atoms with Gasteiger partial charge in [0.15, 0.2) is 0 Å². The van der Waals surface area contributed by atoms with Crippen molar-refractivity contribution < 1.29 is 10.3 Å². The van der Waals surface area contributed by atoms with E-state index in [4.69, 9.17) is 16.0 Å². The topological polar surface area (TPSA) is 78.8 Å². The van der Waals surface area contributed by atoms with Gasteiger partial charge < -0.3 is 16.0 Å². The smallest absolute Gasteiger partial charge is 0.139 e. The minimum Gasteiger partial charge on any atom is -0.409 e. The third-order valence-corrected chi connectivity index (χ3v) is 0.719. The molecule has 0 aliphatic carbocycles. The van der Waals surface area contributed by atoms with Crippen LogP contribution >= 0.6 is 0 Å². The zero-order chi connectivity index (χ0) is 6.41. The second-order valence-electron chi connectivity index (χ2n) is 1.42. The van der Waals surface area contributed by atoms with Crippen LogP contribution in [0.3, 0.4) is 0 Å². The quantitative estimate of drug-likeness (QED) is 0.202. The number of aliphatic hydroxyl groups excluding tert-OH is 1. The lowest BCUT2D eigenvalue weighted by molar-refractivity contribution is 0.288. The van der Waals surface area contributed by atoms with Gasteiger partial charge in [-0.3, -0.25) is 0 Å². The van der Waals surface area contributed by atoms with E-state index < -0.39 is 0 Å². The van der Waals surface area contributed by atoms with Crippen molar-refractivity contribution in [3.8, 4) is 0 Å². The number of aliphatic hydroxyl groups is 1. The Morgan fingerprint density at radius 3 is 2.62 bits per heavy atom. The normalized spacial score (nSPS) is 11.9. The van der Waals surface area contributed by atoms with Crippen LogP contribution in [0.15, 0.2) is 5.16 Å². The zero-order valence-corrected chi connectivity index (χ0v) is 4.54. The number of hydrogen-bond donors (Lipinski definition) is 3. The van der Waals surface area contributed by atoms with Crippen LogP contribution in [0.5, 0.6) is 0 Å². The molecule has 0 aliphatic rings. The van der Waals surface area contributed by atoms with E-state index in [-0.39, 0.29) is 12.4 Å². The third-order valence-electron chi connectivity index (χ3n) is 0.719. The van der Waals surface area contributed by atoms with Crippen LogP contribution in [-0.2, 0) is 0 Å². The fraction of sp³-hybridized carbons (Fsp3) is 0.750. The Labute approximate surface area is 47.6 Å². The summed E-state index contributed by atoms with van der Waals surface area (Å²) in [4.78, 5) is 0. The third kappa shape index (κ3) is 3.42. The SMILES string of the molecule is N/C(CCCO)=N\O. The largest absolute Gasteiger partial charge is 0.409 e. The Kier molecular flexibility index (Phi) is 3.97. The van der Waals surface area contributed by atoms with E-state index in [9.17, 15) is 0 Å². The molecule has 0 radical (unpaired) electrons. The summed E-state index contributed by atoms with van der Waals surface area (Å²) in [7, 11) is 0. The van der Waals surface area contributed by atoms with Gasteiger partial charge in [-0.1, -0.05) is 5.16 Å². The molecule has 48 valence electrons. The van der Waals surface area contributed by atoms with E-state index in [0.29, 0.717) is 12.8 Å². The Morgan fingerprint density at radius 2 is 2.25 bits per heavy atom. The first-order valence-corrected chi connectivity index (χ1v) is 2.38. The first-order chi connectivity index (χ1) is 3.81. The van der Waals surface area contributed by atoms with E-state index in [1.165, 1.54) is 0 Å². The van der Waals surface area contributed by atoms with Crippen molar-refractivity contribution in [2.24, 2.45) is 10.9 Å². The summed E-state index contributed by atoms with van der Waals surface area (Å²) in [5, 5.41) is 18.9. The Bertz CT molecular complexity index is 82.1. The minimum atomic E-state index is 0.0796. The average molecular weight is 118 g/mol. The summed E-state index contributed by atoms with van der Waals surface area (Å²) in [5.74, 6) is 0.166. The lowest BCUT2D eigenvalue weighted by Gasteiger charge is -1.91. The maximum absolute atomic E-state index is 8.22. The van der Waals surface area contributed by atoms with Gasteiger partial charge in [-0.15, -0.1) is 0 Å². The number of hydrogen-bond acceptors (Lipinski definition) is 3. The van der Waals surface area contributed by atoms with Crippen molar-refractivity contribution in [1.29, 1.82) is 0 Å². The Balaban J connectivity index is 3.12. The van der Waals surface area contributed by atoms with E-state index in [0.717, 1.165) is 0 Å². The van der Waals surface area contributed by atoms with Gasteiger partial charge in [-0.05, 0) is 6.42 Å². The summed E-state index contributed by atoms with van der Waals surface area (Å²) in [6.07, 6.45) is 1.00. The van der Waals surface area contributed by atoms with Gasteiger partial charge in [0.2, 0.25) is 0 Å². The van der Waals surface area contributed by atoms with Gasteiger partial charge in [-0.25, -0.2) is 0 Å². The molecule has 0 aromatic carbocycles. The molecule has 0 atom stereocenters. The maximum atomic E-state index is 8.22. The number of amidine groups is 1. The van der Waals surface area contributed by atoms with Gasteiger partial charge in [0.25, 0.3) is 0 Å². The van der Waals surface area contributed by atoms with Gasteiger partial charge in [-0.2, -0.15) is 0 Å². The molecule has 8 heavy (non-hydrogen) atoms. The molecular formula is C4H10N2O2. The van der Waals surface area contributed by atoms with Gasteiger partial charge in [0, 0.05) is 13.0 Å². The van der Waals surface area contributed by atoms with Crippen molar-refractivity contribution in [3.05, 3.63) is 0 Å². The second-order valence-corrected chi connectivity index (χ2v) is 1.42. The highest BCUT2D eigenvalue weighted by molar-refractivity contribution is 5.79. The van der Waals surface area contributed by atoms with E-state index in [1.807, 2.05) is 0 Å². The highest BCUT2D eigenvalue weighted by atomic mass is 16.4. The maximum Gasteiger partial charge on any atom is 0.139 e. The monoisotopic (exact) mass is 118 g/mol. The fourth-order valence-electron chi connectivity index (χ4n) is 0.310. The van der Waals surface area contributed by atoms with Crippen molar-refractivity contribution in [2.75, 3.05) is 6.61 Å². The second kappa shape index (κ2) is 4.39. The van der Waals surface area contributed by atoms with E-state index in [1.54, 1.807) is 0 Å². The number of oxime groups is 1. The van der Waals surface area contributed by atoms with Gasteiger partial charge in [0.1, 0.15) is 5.84 Å². The molecule has 0 fully saturated rings. The molecule has 4 nitrogen and oxygen atoms in total. The molecule has 0 unspecified atom stereocenters. The molecule has 0 heterocycles. The van der Waals surface area contributed by atoms with E-state index in [2.05, 4.69) is 5.16 Å². The van der Waals surface area contributed by atoms with Crippen molar-refractivity contribution in [3.63, 3.8) is 0 Å². The van der Waals surface area contributed by atoms with Gasteiger partial charge >= 0.3 is 0 Å². The van der Waals surface area contributed by atoms with E-state index >= 15 is 0 Å². The van der Waals surface area contributed by atoms with Crippen LogP contribution < -0.4 is 5.73 Å². The van der Waals surface area contributed by atoms with Gasteiger partial charge in [0.05, 0.1) is 0 Å². The van der Waals surface area contributed by atoms with Crippen molar-refractivity contribution >= 4 is 5.84 Å². The Morgan fingerprint density at radius 1 is 1.62 bits per heavy atom. The fourth-order valence-corrected chi connectivity index (χ4v) is 0.310. The molecule has 0 aliphatic heterocycles. The molecular weight excluding hydrogens is 108 g/mol. The number of nitrogens with two attached hydrogens (primary N) is 1. The first-order valence-electron chi connectivity index (χ1n) is 2.38. The summed E-state index contributed by atoms with van der Waals surface area (Å²) in [6.45, 7) is 0.0796. The van der Waals surface area contributed by atoms with Crippen LogP contribution in [0, 0.1) is 0 Å². The molecule has 4 heteroatoms. The molecule has 0 aromatic rings. The van der Waals surface area contributed by atoms with Crippen LogP contribution in [0.4, 0.5) is 0 Å². The summed E-state index contributed by atoms with van der Waals surface area (Å²) in [6, 6.07) is 0. The van der Waals surface area contributed by atoms with Crippen LogP contribution in [0.1, 0.15) is 12.8 Å². The summed E-state index contributed by atoms with van der Waals surface area (Å²) in [5.41, 5.74) is 5.05. The van der Waals surface area contributed by atoms with Crippen LogP contribution in [0.25, 0.3) is 0 Å². The molecule has 0 saturated heterocycles. The minimum absolute atomic E-state index is 0.0796. The molecule has 0 aromatic heterocycles. The lowest BCUT2D eigenvalue weighted by Crippen LogP contribution is -2.11. The van der Waals surface area contributed by atoms with Crippen molar-refractivity contribution in [2.45, 2.75) is 12.8 Å². The highest BCUT2D eigenvalue weighted by Gasteiger charge is 1.88. The first kappa shape index (κ1) is 7.23. The molecule has 0 bridgehead atoms. The molecule has 0 rings (SSSR count). The predicted octanol–water partition coefficient (Wildman–Crippen LogP) is -0.495. The molecule has 0 saturated carbocycles. The predicted molar refractivity (Wildman–Crippen MR) is 29.7 cm³/mol. The summed E-state index contributed by atoms with van der Waals surface area (Å²) >= 11 is 0. The summed E-state index contributed by atoms with van der Waals surface area (Å²) < 4.78 is 0. The highest BCUT2D eigenvalue weighted by Crippen LogP contribution is 1.84. The number of rotatable bonds is 3. The molecule has 0 amide bonds. The zero-order valence-electron chi connectivity index (χ0n) is 4.54. The Hall–Kier alpha value is -0.770. The standard InChI is InChI=1S/C4H10N2O2/c5-4(6-8)2-1-3-7/h7-8H,1-3H2,(H2,5,6). The molecule has 0 spiro atoms. The van der Waals surface area contributed by atoms with Crippen molar-refractivity contribution in [1.82, 2.24) is 0 Å². The van der Waals surface area contributed by atoms with Crippen LogP contribution in [0.2, 0.25) is 0 Å². The van der Waals surface area contributed by atoms with Crippen LogP contribution in [-0.4, -0.2) is 22.8 Å². The molecule has 4 N–H and O–H groups in total. The lowest BCUT2D eigenvalue weighted by atomic mass is 10.3.